The zero-order chi connectivity index (χ0) is 14.4. The predicted octanol–water partition coefficient (Wildman–Crippen LogP) is 1.44. The Bertz CT molecular complexity index is 472. The highest BCUT2D eigenvalue weighted by Gasteiger charge is 2.11. The van der Waals surface area contributed by atoms with E-state index in [0.29, 0.717) is 6.42 Å². The van der Waals surface area contributed by atoms with E-state index in [2.05, 4.69) is 22.5 Å². The van der Waals surface area contributed by atoms with Gasteiger partial charge in [-0.1, -0.05) is 12.1 Å². The van der Waals surface area contributed by atoms with Crippen molar-refractivity contribution in [2.75, 3.05) is 27.2 Å². The molecule has 1 aliphatic rings. The lowest BCUT2D eigenvalue weighted by Gasteiger charge is -2.22. The van der Waals surface area contributed by atoms with Gasteiger partial charge >= 0.3 is 0 Å². The summed E-state index contributed by atoms with van der Waals surface area (Å²) < 4.78 is 5.08. The van der Waals surface area contributed by atoms with Crippen molar-refractivity contribution in [2.24, 2.45) is 5.10 Å². The number of hydrogen-bond donors (Lipinski definition) is 1. The van der Waals surface area contributed by atoms with Gasteiger partial charge in [-0.05, 0) is 24.7 Å². The summed E-state index contributed by atoms with van der Waals surface area (Å²) in [5.41, 5.74) is 4.67. The number of ether oxygens (including phenoxy) is 1. The Kier molecular flexibility index (Phi) is 5.12. The summed E-state index contributed by atoms with van der Waals surface area (Å²) in [6, 6.07) is 7.49. The summed E-state index contributed by atoms with van der Waals surface area (Å²) >= 11 is 0. The maximum atomic E-state index is 11.8. The van der Waals surface area contributed by atoms with E-state index in [0.717, 1.165) is 43.0 Å². The smallest absolute Gasteiger partial charge is 0.244 e. The SMILES string of the molecule is COc1ccc(CC(=O)NN=C2CCN(C)CC2)cc1. The Hall–Kier alpha value is -1.88. The molecule has 5 heteroatoms. The van der Waals surface area contributed by atoms with Crippen LogP contribution in [0.25, 0.3) is 0 Å². The number of rotatable bonds is 4. The van der Waals surface area contributed by atoms with Crippen molar-refractivity contribution < 1.29 is 9.53 Å². The Morgan fingerprint density at radius 1 is 1.30 bits per heavy atom. The number of hydrogen-bond acceptors (Lipinski definition) is 4. The van der Waals surface area contributed by atoms with Gasteiger partial charge in [0.15, 0.2) is 0 Å². The van der Waals surface area contributed by atoms with Gasteiger partial charge in [0.2, 0.25) is 5.91 Å². The van der Waals surface area contributed by atoms with Crippen LogP contribution in [0.2, 0.25) is 0 Å². The number of nitrogens with one attached hydrogen (secondary N) is 1. The van der Waals surface area contributed by atoms with Crippen molar-refractivity contribution in [1.29, 1.82) is 0 Å². The molecule has 0 aromatic heterocycles. The van der Waals surface area contributed by atoms with Crippen molar-refractivity contribution in [1.82, 2.24) is 10.3 Å². The maximum Gasteiger partial charge on any atom is 0.244 e. The largest absolute Gasteiger partial charge is 0.497 e. The standard InChI is InChI=1S/C15H21N3O2/c1-18-9-7-13(8-10-18)16-17-15(19)11-12-3-5-14(20-2)6-4-12/h3-6H,7-11H2,1-2H3,(H,17,19). The summed E-state index contributed by atoms with van der Waals surface area (Å²) in [7, 11) is 3.72. The molecule has 0 spiro atoms. The van der Waals surface area contributed by atoms with Gasteiger partial charge in [-0.25, -0.2) is 5.43 Å². The first-order chi connectivity index (χ1) is 9.67. The van der Waals surface area contributed by atoms with Gasteiger partial charge in [0, 0.05) is 31.6 Å². The molecule has 1 aromatic rings. The van der Waals surface area contributed by atoms with Crippen LogP contribution in [-0.2, 0) is 11.2 Å². The minimum absolute atomic E-state index is 0.0819. The topological polar surface area (TPSA) is 53.9 Å². The van der Waals surface area contributed by atoms with Crippen molar-refractivity contribution in [3.8, 4) is 5.75 Å². The molecule has 0 unspecified atom stereocenters. The highest BCUT2D eigenvalue weighted by Crippen LogP contribution is 2.11. The Morgan fingerprint density at radius 2 is 1.95 bits per heavy atom. The highest BCUT2D eigenvalue weighted by atomic mass is 16.5. The molecule has 5 nitrogen and oxygen atoms in total. The van der Waals surface area contributed by atoms with Crippen LogP contribution in [0.4, 0.5) is 0 Å². The van der Waals surface area contributed by atoms with Crippen LogP contribution >= 0.6 is 0 Å². The molecule has 1 aliphatic heterocycles. The van der Waals surface area contributed by atoms with Crippen LogP contribution in [0.15, 0.2) is 29.4 Å². The third-order valence-corrected chi connectivity index (χ3v) is 3.43. The number of carbonyl (C=O) groups is 1. The van der Waals surface area contributed by atoms with Crippen LogP contribution in [0.1, 0.15) is 18.4 Å². The number of benzene rings is 1. The molecule has 0 aliphatic carbocycles. The predicted molar refractivity (Wildman–Crippen MR) is 79.0 cm³/mol. The van der Waals surface area contributed by atoms with Gasteiger partial charge in [0.05, 0.1) is 13.5 Å². The van der Waals surface area contributed by atoms with E-state index in [1.54, 1.807) is 7.11 Å². The van der Waals surface area contributed by atoms with Crippen molar-refractivity contribution in [3.63, 3.8) is 0 Å². The molecule has 20 heavy (non-hydrogen) atoms. The molecule has 1 aromatic carbocycles. The number of piperidine rings is 1. The normalized spacial score (nSPS) is 15.8. The fraction of sp³-hybridized carbons (Fsp3) is 0.467. The van der Waals surface area contributed by atoms with Crippen LogP contribution in [0.3, 0.4) is 0 Å². The molecule has 1 saturated heterocycles. The lowest BCUT2D eigenvalue weighted by molar-refractivity contribution is -0.120. The first kappa shape index (κ1) is 14.5. The third kappa shape index (κ3) is 4.35. The summed E-state index contributed by atoms with van der Waals surface area (Å²) in [5, 5.41) is 4.21. The molecule has 2 rings (SSSR count). The van der Waals surface area contributed by atoms with Gasteiger partial charge in [0.1, 0.15) is 5.75 Å². The Labute approximate surface area is 119 Å². The van der Waals surface area contributed by atoms with E-state index in [1.165, 1.54) is 0 Å². The van der Waals surface area contributed by atoms with E-state index >= 15 is 0 Å². The molecule has 1 fully saturated rings. The van der Waals surface area contributed by atoms with Crippen molar-refractivity contribution >= 4 is 11.6 Å². The molecule has 0 saturated carbocycles. The molecular weight excluding hydrogens is 254 g/mol. The van der Waals surface area contributed by atoms with E-state index in [1.807, 2.05) is 24.3 Å². The lowest BCUT2D eigenvalue weighted by atomic mass is 10.1. The summed E-state index contributed by atoms with van der Waals surface area (Å²) in [6.45, 7) is 2.01. The molecule has 0 radical (unpaired) electrons. The number of amides is 1. The fourth-order valence-corrected chi connectivity index (χ4v) is 2.10. The van der Waals surface area contributed by atoms with Gasteiger partial charge in [-0.3, -0.25) is 4.79 Å². The van der Waals surface area contributed by atoms with E-state index in [-0.39, 0.29) is 5.91 Å². The maximum absolute atomic E-state index is 11.8. The first-order valence-electron chi connectivity index (χ1n) is 6.83. The minimum Gasteiger partial charge on any atom is -0.497 e. The average molecular weight is 275 g/mol. The third-order valence-electron chi connectivity index (χ3n) is 3.43. The number of likely N-dealkylation sites (tertiary alicyclic amines) is 1. The molecule has 108 valence electrons. The van der Waals surface area contributed by atoms with E-state index < -0.39 is 0 Å². The Morgan fingerprint density at radius 3 is 2.55 bits per heavy atom. The van der Waals surface area contributed by atoms with E-state index in [9.17, 15) is 4.79 Å². The summed E-state index contributed by atoms with van der Waals surface area (Å²) in [6.07, 6.45) is 2.19. The van der Waals surface area contributed by atoms with Gasteiger partial charge in [-0.15, -0.1) is 0 Å². The van der Waals surface area contributed by atoms with Gasteiger partial charge < -0.3 is 9.64 Å². The van der Waals surface area contributed by atoms with Crippen LogP contribution in [-0.4, -0.2) is 43.8 Å². The number of nitrogens with zero attached hydrogens (tertiary/aromatic N) is 2. The lowest BCUT2D eigenvalue weighted by Crippen LogP contribution is -2.32. The number of methoxy groups -OCH3 is 1. The molecular formula is C15H21N3O2. The average Bonchev–Trinajstić information content (AvgIpc) is 2.47. The van der Waals surface area contributed by atoms with E-state index in [4.69, 9.17) is 4.74 Å². The number of carbonyl (C=O) groups excluding carboxylic acids is 1. The summed E-state index contributed by atoms with van der Waals surface area (Å²) in [5.74, 6) is 0.710. The first-order valence-corrected chi connectivity index (χ1v) is 6.83. The number of hydrazone groups is 1. The van der Waals surface area contributed by atoms with Crippen molar-refractivity contribution in [2.45, 2.75) is 19.3 Å². The zero-order valence-electron chi connectivity index (χ0n) is 12.1. The van der Waals surface area contributed by atoms with Gasteiger partial charge in [-0.2, -0.15) is 5.10 Å². The van der Waals surface area contributed by atoms with Crippen LogP contribution in [0, 0.1) is 0 Å². The quantitative estimate of drug-likeness (QED) is 0.846. The minimum atomic E-state index is -0.0819. The Balaban J connectivity index is 1.81. The van der Waals surface area contributed by atoms with Crippen molar-refractivity contribution in [3.05, 3.63) is 29.8 Å². The molecule has 1 N–H and O–H groups in total. The monoisotopic (exact) mass is 275 g/mol. The molecule has 0 bridgehead atoms. The second-order valence-corrected chi connectivity index (χ2v) is 5.04. The second-order valence-electron chi connectivity index (χ2n) is 5.04. The molecule has 1 amide bonds. The van der Waals surface area contributed by atoms with Crippen LogP contribution in [0.5, 0.6) is 5.75 Å². The van der Waals surface area contributed by atoms with Crippen LogP contribution < -0.4 is 10.2 Å². The molecule has 1 heterocycles. The highest BCUT2D eigenvalue weighted by molar-refractivity contribution is 5.87. The fourth-order valence-electron chi connectivity index (χ4n) is 2.10. The zero-order valence-corrected chi connectivity index (χ0v) is 12.1. The van der Waals surface area contributed by atoms with Gasteiger partial charge in [0.25, 0.3) is 0 Å². The second kappa shape index (κ2) is 7.05. The molecule has 0 atom stereocenters. The summed E-state index contributed by atoms with van der Waals surface area (Å²) in [4.78, 5) is 14.1.